The quantitative estimate of drug-likeness (QED) is 0.759. The number of carboxylic acids is 1. The molecule has 4 nitrogen and oxygen atoms in total. The number of aliphatic carboxylic acids is 1. The minimum absolute atomic E-state index is 0.333. The summed E-state index contributed by atoms with van der Waals surface area (Å²) in [6, 6.07) is 18.3. The molecule has 0 saturated carbocycles. The van der Waals surface area contributed by atoms with Gasteiger partial charge in [-0.25, -0.2) is 0 Å². The van der Waals surface area contributed by atoms with E-state index in [0.717, 1.165) is 11.1 Å². The molecule has 0 bridgehead atoms. The predicted octanol–water partition coefficient (Wildman–Crippen LogP) is 2.40. The third kappa shape index (κ3) is 4.50. The van der Waals surface area contributed by atoms with Crippen LogP contribution in [0.5, 0.6) is 0 Å². The fourth-order valence-corrected chi connectivity index (χ4v) is 1.83. The molecule has 2 aromatic rings. The lowest BCUT2D eigenvalue weighted by molar-refractivity contribution is -0.144. The summed E-state index contributed by atoms with van der Waals surface area (Å²) >= 11 is 0. The van der Waals surface area contributed by atoms with Crippen molar-refractivity contribution in [1.82, 2.24) is 5.48 Å². The molecule has 4 heteroatoms. The summed E-state index contributed by atoms with van der Waals surface area (Å²) < 4.78 is 0. The normalized spacial score (nSPS) is 12.0. The van der Waals surface area contributed by atoms with Crippen LogP contribution < -0.4 is 5.48 Å². The molecular formula is C16H17NO3. The summed E-state index contributed by atoms with van der Waals surface area (Å²) in [4.78, 5) is 16.5. The average molecular weight is 271 g/mol. The highest BCUT2D eigenvalue weighted by atomic mass is 16.6. The number of hydrogen-bond acceptors (Lipinski definition) is 3. The van der Waals surface area contributed by atoms with Gasteiger partial charge in [0.15, 0.2) is 0 Å². The standard InChI is InChI=1S/C16H17NO3/c18-16(19)15(11-13-7-3-1-4-8-13)17-20-12-14-9-5-2-6-10-14/h1-10,15,17H,11-12H2,(H,18,19)/t15-/m1/s1. The maximum atomic E-state index is 11.2. The van der Waals surface area contributed by atoms with Gasteiger partial charge in [0.1, 0.15) is 6.04 Å². The third-order valence-electron chi connectivity index (χ3n) is 2.89. The van der Waals surface area contributed by atoms with Gasteiger partial charge in [-0.3, -0.25) is 9.63 Å². The second kappa shape index (κ2) is 7.43. The van der Waals surface area contributed by atoms with Crippen molar-refractivity contribution in [3.8, 4) is 0 Å². The highest BCUT2D eigenvalue weighted by Gasteiger charge is 2.17. The number of carbonyl (C=O) groups is 1. The zero-order valence-corrected chi connectivity index (χ0v) is 11.0. The highest BCUT2D eigenvalue weighted by molar-refractivity contribution is 5.73. The van der Waals surface area contributed by atoms with Crippen molar-refractivity contribution in [2.75, 3.05) is 0 Å². The van der Waals surface area contributed by atoms with Crippen LogP contribution in [0.15, 0.2) is 60.7 Å². The minimum Gasteiger partial charge on any atom is -0.480 e. The van der Waals surface area contributed by atoms with E-state index >= 15 is 0 Å². The molecule has 20 heavy (non-hydrogen) atoms. The van der Waals surface area contributed by atoms with E-state index in [1.54, 1.807) is 0 Å². The summed E-state index contributed by atoms with van der Waals surface area (Å²) in [6.45, 7) is 0.333. The van der Waals surface area contributed by atoms with Crippen LogP contribution in [0.2, 0.25) is 0 Å². The monoisotopic (exact) mass is 271 g/mol. The molecule has 0 spiro atoms. The van der Waals surface area contributed by atoms with Crippen LogP contribution in [0, 0.1) is 0 Å². The van der Waals surface area contributed by atoms with Crippen molar-refractivity contribution in [1.29, 1.82) is 0 Å². The molecule has 0 aliphatic carbocycles. The first-order valence-corrected chi connectivity index (χ1v) is 6.43. The van der Waals surface area contributed by atoms with E-state index in [1.165, 1.54) is 0 Å². The Labute approximate surface area is 118 Å². The molecule has 1 atom stereocenters. The summed E-state index contributed by atoms with van der Waals surface area (Å²) in [7, 11) is 0. The maximum absolute atomic E-state index is 11.2. The summed E-state index contributed by atoms with van der Waals surface area (Å²) in [6.07, 6.45) is 0.380. The Balaban J connectivity index is 1.85. The molecule has 0 aromatic heterocycles. The molecule has 0 heterocycles. The summed E-state index contributed by atoms with van der Waals surface area (Å²) in [5.74, 6) is -0.929. The smallest absolute Gasteiger partial charge is 0.323 e. The Morgan fingerprint density at radius 1 is 1.00 bits per heavy atom. The zero-order chi connectivity index (χ0) is 14.2. The van der Waals surface area contributed by atoms with E-state index in [2.05, 4.69) is 5.48 Å². The fraction of sp³-hybridized carbons (Fsp3) is 0.188. The number of nitrogens with one attached hydrogen (secondary N) is 1. The molecule has 0 unspecified atom stereocenters. The van der Waals surface area contributed by atoms with Crippen molar-refractivity contribution < 1.29 is 14.7 Å². The third-order valence-corrected chi connectivity index (χ3v) is 2.89. The first-order chi connectivity index (χ1) is 9.75. The lowest BCUT2D eigenvalue weighted by Crippen LogP contribution is -2.38. The Bertz CT molecular complexity index is 528. The maximum Gasteiger partial charge on any atom is 0.323 e. The van der Waals surface area contributed by atoms with Crippen molar-refractivity contribution in [3.05, 3.63) is 71.8 Å². The molecule has 2 aromatic carbocycles. The predicted molar refractivity (Wildman–Crippen MR) is 75.9 cm³/mol. The molecule has 104 valence electrons. The van der Waals surface area contributed by atoms with Crippen LogP contribution in [0.1, 0.15) is 11.1 Å². The van der Waals surface area contributed by atoms with E-state index in [1.807, 2.05) is 60.7 Å². The van der Waals surface area contributed by atoms with Gasteiger partial charge in [-0.15, -0.1) is 0 Å². The first kappa shape index (κ1) is 14.2. The molecular weight excluding hydrogens is 254 g/mol. The van der Waals surface area contributed by atoms with Crippen LogP contribution in [0.4, 0.5) is 0 Å². The van der Waals surface area contributed by atoms with Gasteiger partial charge in [-0.1, -0.05) is 60.7 Å². The zero-order valence-electron chi connectivity index (χ0n) is 11.0. The molecule has 0 radical (unpaired) electrons. The number of carboxylic acid groups (broad SMARTS) is 1. The molecule has 0 aliphatic rings. The number of hydrogen-bond donors (Lipinski definition) is 2. The van der Waals surface area contributed by atoms with Crippen LogP contribution >= 0.6 is 0 Å². The lowest BCUT2D eigenvalue weighted by atomic mass is 10.1. The number of hydroxylamine groups is 1. The van der Waals surface area contributed by atoms with Crippen LogP contribution in [-0.2, 0) is 22.7 Å². The fourth-order valence-electron chi connectivity index (χ4n) is 1.83. The van der Waals surface area contributed by atoms with E-state index in [4.69, 9.17) is 4.84 Å². The summed E-state index contributed by atoms with van der Waals surface area (Å²) in [5, 5.41) is 9.19. The van der Waals surface area contributed by atoms with E-state index in [9.17, 15) is 9.90 Å². The first-order valence-electron chi connectivity index (χ1n) is 6.43. The van der Waals surface area contributed by atoms with Crippen molar-refractivity contribution >= 4 is 5.97 Å². The molecule has 0 fully saturated rings. The Morgan fingerprint density at radius 2 is 1.55 bits per heavy atom. The van der Waals surface area contributed by atoms with Crippen molar-refractivity contribution in [3.63, 3.8) is 0 Å². The van der Waals surface area contributed by atoms with Crippen LogP contribution in [0.25, 0.3) is 0 Å². The van der Waals surface area contributed by atoms with E-state index < -0.39 is 12.0 Å². The van der Waals surface area contributed by atoms with Crippen LogP contribution in [0.3, 0.4) is 0 Å². The molecule has 2 rings (SSSR count). The lowest BCUT2D eigenvalue weighted by Gasteiger charge is -2.14. The number of benzene rings is 2. The van der Waals surface area contributed by atoms with Gasteiger partial charge >= 0.3 is 5.97 Å². The van der Waals surface area contributed by atoms with E-state index in [0.29, 0.717) is 13.0 Å². The molecule has 0 aliphatic heterocycles. The van der Waals surface area contributed by atoms with Gasteiger partial charge in [-0.2, -0.15) is 5.48 Å². The Morgan fingerprint density at radius 3 is 2.10 bits per heavy atom. The van der Waals surface area contributed by atoms with E-state index in [-0.39, 0.29) is 0 Å². The molecule has 2 N–H and O–H groups in total. The van der Waals surface area contributed by atoms with Gasteiger partial charge in [0.25, 0.3) is 0 Å². The van der Waals surface area contributed by atoms with Gasteiger partial charge in [0.05, 0.1) is 6.61 Å². The van der Waals surface area contributed by atoms with Crippen LogP contribution in [-0.4, -0.2) is 17.1 Å². The van der Waals surface area contributed by atoms with Gasteiger partial charge in [0.2, 0.25) is 0 Å². The second-order valence-electron chi connectivity index (χ2n) is 4.47. The largest absolute Gasteiger partial charge is 0.480 e. The Hall–Kier alpha value is -2.17. The van der Waals surface area contributed by atoms with Crippen molar-refractivity contribution in [2.24, 2.45) is 0 Å². The van der Waals surface area contributed by atoms with Gasteiger partial charge in [0, 0.05) is 6.42 Å². The molecule has 0 saturated heterocycles. The second-order valence-corrected chi connectivity index (χ2v) is 4.47. The average Bonchev–Trinajstić information content (AvgIpc) is 2.48. The van der Waals surface area contributed by atoms with Gasteiger partial charge < -0.3 is 5.11 Å². The van der Waals surface area contributed by atoms with Crippen molar-refractivity contribution in [2.45, 2.75) is 19.1 Å². The molecule has 0 amide bonds. The summed E-state index contributed by atoms with van der Waals surface area (Å²) in [5.41, 5.74) is 4.56. The van der Waals surface area contributed by atoms with Gasteiger partial charge in [-0.05, 0) is 11.1 Å². The SMILES string of the molecule is O=C(O)[C@@H](Cc1ccccc1)NOCc1ccccc1. The Kier molecular flexibility index (Phi) is 5.29. The number of rotatable bonds is 7. The minimum atomic E-state index is -0.929. The highest BCUT2D eigenvalue weighted by Crippen LogP contribution is 2.05. The topological polar surface area (TPSA) is 58.6 Å².